The van der Waals surface area contributed by atoms with Crippen molar-refractivity contribution in [2.45, 2.75) is 6.42 Å². The van der Waals surface area contributed by atoms with E-state index in [0.717, 1.165) is 46.7 Å². The Morgan fingerprint density at radius 3 is 2.19 bits per heavy atom. The minimum Gasteiger partial charge on any atom is -0.497 e. The Morgan fingerprint density at radius 1 is 0.815 bits per heavy atom. The van der Waals surface area contributed by atoms with Gasteiger partial charge in [0.1, 0.15) is 5.75 Å². The largest absolute Gasteiger partial charge is 0.497 e. The Labute approximate surface area is 159 Å². The van der Waals surface area contributed by atoms with Crippen LogP contribution in [0, 0.1) is 0 Å². The van der Waals surface area contributed by atoms with Crippen molar-refractivity contribution in [3.63, 3.8) is 0 Å². The highest BCUT2D eigenvalue weighted by Gasteiger charge is 2.30. The second-order valence-electron chi connectivity index (χ2n) is 6.52. The molecule has 3 aromatic carbocycles. The second kappa shape index (κ2) is 7.50. The molecule has 0 saturated carbocycles. The van der Waals surface area contributed by atoms with E-state index in [0.29, 0.717) is 0 Å². The molecule has 0 aromatic heterocycles. The Hall–Kier alpha value is -3.33. The third kappa shape index (κ3) is 3.36. The summed E-state index contributed by atoms with van der Waals surface area (Å²) in [6, 6.07) is 25.8. The van der Waals surface area contributed by atoms with Crippen LogP contribution >= 0.6 is 0 Å². The summed E-state index contributed by atoms with van der Waals surface area (Å²) in [6.45, 7) is 0.764. The van der Waals surface area contributed by atoms with E-state index in [9.17, 15) is 4.79 Å². The molecule has 1 aliphatic rings. The molecular weight excluding hydrogens is 334 g/mol. The average Bonchev–Trinajstić information content (AvgIpc) is 3.01. The van der Waals surface area contributed by atoms with Crippen LogP contribution in [0.5, 0.6) is 5.75 Å². The predicted molar refractivity (Wildman–Crippen MR) is 109 cm³/mol. The van der Waals surface area contributed by atoms with E-state index in [1.54, 1.807) is 7.11 Å². The van der Waals surface area contributed by atoms with Gasteiger partial charge in [-0.25, -0.2) is 0 Å². The van der Waals surface area contributed by atoms with Gasteiger partial charge in [0.25, 0.3) is 0 Å². The molecular formula is C24H21NO2. The van der Waals surface area contributed by atoms with E-state index >= 15 is 0 Å². The smallest absolute Gasteiger partial charge is 0.196 e. The molecule has 27 heavy (non-hydrogen) atoms. The number of hydrogen-bond donors (Lipinski definition) is 1. The van der Waals surface area contributed by atoms with Gasteiger partial charge in [0.2, 0.25) is 0 Å². The molecule has 0 atom stereocenters. The highest BCUT2D eigenvalue weighted by Crippen LogP contribution is 2.37. The molecule has 0 spiro atoms. The van der Waals surface area contributed by atoms with Gasteiger partial charge in [-0.05, 0) is 29.7 Å². The summed E-state index contributed by atoms with van der Waals surface area (Å²) in [5, 5.41) is 3.52. The average molecular weight is 355 g/mol. The molecule has 1 N–H and O–H groups in total. The molecule has 0 radical (unpaired) electrons. The number of benzene rings is 3. The molecule has 0 amide bonds. The zero-order valence-electron chi connectivity index (χ0n) is 15.2. The van der Waals surface area contributed by atoms with E-state index in [-0.39, 0.29) is 5.78 Å². The van der Waals surface area contributed by atoms with E-state index < -0.39 is 0 Å². The quantitative estimate of drug-likeness (QED) is 0.703. The number of ether oxygens (including phenoxy) is 1. The van der Waals surface area contributed by atoms with Crippen LogP contribution in [0.2, 0.25) is 0 Å². The number of hydrogen-bond acceptors (Lipinski definition) is 3. The van der Waals surface area contributed by atoms with Crippen LogP contribution in [0.3, 0.4) is 0 Å². The molecule has 134 valence electrons. The van der Waals surface area contributed by atoms with Crippen LogP contribution < -0.4 is 10.1 Å². The van der Waals surface area contributed by atoms with Crippen LogP contribution in [0.4, 0.5) is 0 Å². The molecule has 0 unspecified atom stereocenters. The topological polar surface area (TPSA) is 38.3 Å². The first-order valence-corrected chi connectivity index (χ1v) is 9.08. The summed E-state index contributed by atoms with van der Waals surface area (Å²) in [5.74, 6) is 0.846. The van der Waals surface area contributed by atoms with Gasteiger partial charge < -0.3 is 10.1 Å². The van der Waals surface area contributed by atoms with Crippen LogP contribution in [0.25, 0.3) is 11.3 Å². The number of ketones is 1. The monoisotopic (exact) mass is 355 g/mol. The Balaban J connectivity index is 1.66. The summed E-state index contributed by atoms with van der Waals surface area (Å²) in [4.78, 5) is 13.1. The normalized spacial score (nSPS) is 12.9. The van der Waals surface area contributed by atoms with E-state index in [1.807, 2.05) is 66.7 Å². The summed E-state index contributed by atoms with van der Waals surface area (Å²) in [6.07, 6.45) is 0.899. The number of fused-ring (bicyclic) bond motifs is 1. The first kappa shape index (κ1) is 17.1. The molecule has 3 aromatic rings. The fraction of sp³-hybridized carbons (Fsp3) is 0.125. The molecule has 0 fully saturated rings. The first-order valence-electron chi connectivity index (χ1n) is 9.08. The van der Waals surface area contributed by atoms with Crippen molar-refractivity contribution in [1.82, 2.24) is 5.32 Å². The molecule has 4 rings (SSSR count). The van der Waals surface area contributed by atoms with Gasteiger partial charge in [-0.15, -0.1) is 0 Å². The van der Waals surface area contributed by atoms with Gasteiger partial charge in [0.05, 0.1) is 18.4 Å². The van der Waals surface area contributed by atoms with Gasteiger partial charge in [-0.2, -0.15) is 0 Å². The molecule has 0 heterocycles. The lowest BCUT2D eigenvalue weighted by molar-refractivity contribution is 0.105. The molecule has 3 heteroatoms. The molecule has 1 aliphatic carbocycles. The summed E-state index contributed by atoms with van der Waals surface area (Å²) >= 11 is 0. The fourth-order valence-corrected chi connectivity index (χ4v) is 3.48. The number of allylic oxidation sites excluding steroid dienone is 1. The van der Waals surface area contributed by atoms with Gasteiger partial charge in [0.15, 0.2) is 5.78 Å². The van der Waals surface area contributed by atoms with Crippen molar-refractivity contribution in [2.24, 2.45) is 0 Å². The lowest BCUT2D eigenvalue weighted by Gasteiger charge is -2.12. The summed E-state index contributed by atoms with van der Waals surface area (Å²) < 4.78 is 5.24. The van der Waals surface area contributed by atoms with Crippen molar-refractivity contribution in [1.29, 1.82) is 0 Å². The van der Waals surface area contributed by atoms with Crippen molar-refractivity contribution in [2.75, 3.05) is 13.7 Å². The van der Waals surface area contributed by atoms with Crippen molar-refractivity contribution < 1.29 is 9.53 Å². The van der Waals surface area contributed by atoms with Crippen LogP contribution in [0.15, 0.2) is 78.9 Å². The first-order chi connectivity index (χ1) is 13.3. The number of nitrogens with one attached hydrogen (secondary N) is 1. The molecule has 3 nitrogen and oxygen atoms in total. The van der Waals surface area contributed by atoms with Gasteiger partial charge in [-0.3, -0.25) is 4.79 Å². The number of methoxy groups -OCH3 is 1. The zero-order valence-corrected chi connectivity index (χ0v) is 15.2. The standard InChI is InChI=1S/C24H21NO2/c1-27-19-13-11-18(12-14-19)22-23(20-9-5-6-10-21(20)24(22)26)25-16-15-17-7-3-2-4-8-17/h2-14,25H,15-16H2,1H3. The maximum absolute atomic E-state index is 13.1. The minimum absolute atomic E-state index is 0.0676. The summed E-state index contributed by atoms with van der Waals surface area (Å²) in [7, 11) is 1.64. The van der Waals surface area contributed by atoms with Crippen LogP contribution in [0.1, 0.15) is 27.0 Å². The fourth-order valence-electron chi connectivity index (χ4n) is 3.48. The van der Waals surface area contributed by atoms with Gasteiger partial charge in [-0.1, -0.05) is 66.7 Å². The number of rotatable bonds is 6. The van der Waals surface area contributed by atoms with E-state index in [2.05, 4.69) is 17.4 Å². The number of carbonyl (C=O) groups is 1. The third-order valence-corrected chi connectivity index (χ3v) is 4.86. The summed E-state index contributed by atoms with van der Waals surface area (Å²) in [5.41, 5.74) is 5.55. The van der Waals surface area contributed by atoms with E-state index in [4.69, 9.17) is 4.74 Å². The highest BCUT2D eigenvalue weighted by molar-refractivity contribution is 6.39. The van der Waals surface area contributed by atoms with Crippen molar-refractivity contribution >= 4 is 17.1 Å². The molecule has 0 aliphatic heterocycles. The maximum Gasteiger partial charge on any atom is 0.196 e. The SMILES string of the molecule is COc1ccc(C2=C(NCCc3ccccc3)c3ccccc3C2=O)cc1. The van der Waals surface area contributed by atoms with Crippen molar-refractivity contribution in [3.05, 3.63) is 101 Å². The number of Topliss-reactive ketones (excluding diaryl/α,β-unsaturated/α-hetero) is 1. The Kier molecular flexibility index (Phi) is 4.75. The van der Waals surface area contributed by atoms with Gasteiger partial charge in [0, 0.05) is 17.7 Å². The molecule has 0 saturated heterocycles. The predicted octanol–water partition coefficient (Wildman–Crippen LogP) is 4.59. The Morgan fingerprint density at radius 2 is 1.48 bits per heavy atom. The van der Waals surface area contributed by atoms with Crippen LogP contribution in [-0.2, 0) is 6.42 Å². The Bertz CT molecular complexity index is 988. The lowest BCUT2D eigenvalue weighted by Crippen LogP contribution is -2.16. The zero-order chi connectivity index (χ0) is 18.6. The van der Waals surface area contributed by atoms with Crippen molar-refractivity contribution in [3.8, 4) is 5.75 Å². The maximum atomic E-state index is 13.1. The highest BCUT2D eigenvalue weighted by atomic mass is 16.5. The third-order valence-electron chi connectivity index (χ3n) is 4.86. The number of carbonyl (C=O) groups excluding carboxylic acids is 1. The molecule has 0 bridgehead atoms. The lowest BCUT2D eigenvalue weighted by atomic mass is 10.0. The van der Waals surface area contributed by atoms with Crippen LogP contribution in [-0.4, -0.2) is 19.4 Å². The minimum atomic E-state index is 0.0676. The second-order valence-corrected chi connectivity index (χ2v) is 6.52. The van der Waals surface area contributed by atoms with Gasteiger partial charge >= 0.3 is 0 Å². The van der Waals surface area contributed by atoms with E-state index in [1.165, 1.54) is 5.56 Å².